The summed E-state index contributed by atoms with van der Waals surface area (Å²) in [6, 6.07) is 13.6. The number of ether oxygens (including phenoxy) is 2. The van der Waals surface area contributed by atoms with Gasteiger partial charge < -0.3 is 14.8 Å². The third-order valence-electron chi connectivity index (χ3n) is 5.11. The molecule has 8 heteroatoms. The second-order valence-corrected chi connectivity index (χ2v) is 7.60. The van der Waals surface area contributed by atoms with Gasteiger partial charge in [-0.25, -0.2) is 0 Å². The van der Waals surface area contributed by atoms with Crippen LogP contribution < -0.4 is 14.8 Å². The lowest BCUT2D eigenvalue weighted by atomic mass is 9.95. The fourth-order valence-electron chi connectivity index (χ4n) is 3.34. The summed E-state index contributed by atoms with van der Waals surface area (Å²) < 4.78 is 10.6. The molecular weight excluding hydrogens is 394 g/mol. The summed E-state index contributed by atoms with van der Waals surface area (Å²) >= 11 is 0. The van der Waals surface area contributed by atoms with E-state index in [9.17, 15) is 4.79 Å². The number of amides is 1. The van der Waals surface area contributed by atoms with E-state index in [1.807, 2.05) is 6.07 Å². The van der Waals surface area contributed by atoms with Gasteiger partial charge in [-0.15, -0.1) is 10.2 Å². The van der Waals surface area contributed by atoms with Gasteiger partial charge in [0.25, 0.3) is 0 Å². The van der Waals surface area contributed by atoms with Crippen LogP contribution in [0.15, 0.2) is 42.5 Å². The van der Waals surface area contributed by atoms with E-state index in [1.165, 1.54) is 10.4 Å². The molecule has 1 atom stereocenters. The second-order valence-electron chi connectivity index (χ2n) is 7.60. The minimum absolute atomic E-state index is 0.0173. The molecule has 0 aliphatic heterocycles. The lowest BCUT2D eigenvalue weighted by Crippen LogP contribution is -2.34. The number of tetrazole rings is 1. The van der Waals surface area contributed by atoms with Crippen LogP contribution in [0.3, 0.4) is 0 Å². The first-order valence-electron chi connectivity index (χ1n) is 10.3. The predicted molar refractivity (Wildman–Crippen MR) is 118 cm³/mol. The Labute approximate surface area is 182 Å². The summed E-state index contributed by atoms with van der Waals surface area (Å²) in [5, 5.41) is 15.5. The molecule has 0 radical (unpaired) electrons. The summed E-state index contributed by atoms with van der Waals surface area (Å²) in [6.45, 7) is 6.28. The molecule has 0 saturated carbocycles. The summed E-state index contributed by atoms with van der Waals surface area (Å²) in [7, 11) is 3.14. The molecule has 1 N–H and O–H groups in total. The van der Waals surface area contributed by atoms with Crippen molar-refractivity contribution in [1.82, 2.24) is 25.5 Å². The topological polar surface area (TPSA) is 91.2 Å². The van der Waals surface area contributed by atoms with Gasteiger partial charge in [-0.3, -0.25) is 4.79 Å². The number of aromatic nitrogens is 4. The summed E-state index contributed by atoms with van der Waals surface area (Å²) in [4.78, 5) is 14.0. The van der Waals surface area contributed by atoms with Gasteiger partial charge >= 0.3 is 0 Å². The third-order valence-corrected chi connectivity index (χ3v) is 5.11. The van der Waals surface area contributed by atoms with Crippen LogP contribution in [-0.4, -0.2) is 40.3 Å². The molecule has 31 heavy (non-hydrogen) atoms. The largest absolute Gasteiger partial charge is 0.493 e. The summed E-state index contributed by atoms with van der Waals surface area (Å²) in [5.74, 6) is 1.66. The molecule has 3 rings (SSSR count). The molecule has 1 heterocycles. The van der Waals surface area contributed by atoms with Gasteiger partial charge in [0, 0.05) is 5.56 Å². The molecule has 164 valence electrons. The van der Waals surface area contributed by atoms with Gasteiger partial charge in [0.05, 0.1) is 20.3 Å². The van der Waals surface area contributed by atoms with E-state index in [4.69, 9.17) is 9.47 Å². The van der Waals surface area contributed by atoms with E-state index in [-0.39, 0.29) is 24.4 Å². The number of aryl methyl sites for hydroxylation is 1. The van der Waals surface area contributed by atoms with Crippen LogP contribution in [0.5, 0.6) is 11.5 Å². The number of carbonyl (C=O) groups excluding carboxylic acids is 1. The molecule has 0 saturated heterocycles. The molecule has 0 fully saturated rings. The Hall–Kier alpha value is -3.42. The molecule has 1 aromatic heterocycles. The first-order valence-corrected chi connectivity index (χ1v) is 10.3. The fourth-order valence-corrected chi connectivity index (χ4v) is 3.34. The van der Waals surface area contributed by atoms with Crippen LogP contribution in [0.2, 0.25) is 0 Å². The van der Waals surface area contributed by atoms with E-state index in [0.29, 0.717) is 17.3 Å². The fraction of sp³-hybridized carbons (Fsp3) is 0.391. The number of rotatable bonds is 9. The molecular formula is C23H29N5O3. The van der Waals surface area contributed by atoms with Crippen LogP contribution in [0.4, 0.5) is 0 Å². The maximum absolute atomic E-state index is 12.7. The van der Waals surface area contributed by atoms with Gasteiger partial charge in [-0.1, -0.05) is 45.0 Å². The highest BCUT2D eigenvalue weighted by Gasteiger charge is 2.19. The minimum atomic E-state index is -0.172. The predicted octanol–water partition coefficient (Wildman–Crippen LogP) is 3.43. The first-order chi connectivity index (χ1) is 14.9. The van der Waals surface area contributed by atoms with Gasteiger partial charge in [-0.2, -0.15) is 4.80 Å². The number of methoxy groups -OCH3 is 2. The molecule has 2 aromatic carbocycles. The molecule has 0 aliphatic rings. The van der Waals surface area contributed by atoms with E-state index in [0.717, 1.165) is 17.5 Å². The zero-order valence-corrected chi connectivity index (χ0v) is 18.6. The minimum Gasteiger partial charge on any atom is -0.493 e. The second kappa shape index (κ2) is 10.1. The average molecular weight is 424 g/mol. The van der Waals surface area contributed by atoms with Crippen molar-refractivity contribution in [1.29, 1.82) is 0 Å². The smallest absolute Gasteiger partial charge is 0.244 e. The summed E-state index contributed by atoms with van der Waals surface area (Å²) in [5.41, 5.74) is 3.07. The van der Waals surface area contributed by atoms with Crippen molar-refractivity contribution in [2.45, 2.75) is 39.8 Å². The van der Waals surface area contributed by atoms with Crippen LogP contribution in [0, 0.1) is 5.92 Å². The van der Waals surface area contributed by atoms with Gasteiger partial charge in [-0.05, 0) is 46.9 Å². The zero-order valence-electron chi connectivity index (χ0n) is 18.6. The monoisotopic (exact) mass is 423 g/mol. The average Bonchev–Trinajstić information content (AvgIpc) is 3.25. The number of nitrogens with one attached hydrogen (secondary N) is 1. The van der Waals surface area contributed by atoms with Crippen molar-refractivity contribution in [2.75, 3.05) is 14.2 Å². The van der Waals surface area contributed by atoms with Crippen LogP contribution in [0.25, 0.3) is 11.4 Å². The lowest BCUT2D eigenvalue weighted by molar-refractivity contribution is -0.123. The Morgan fingerprint density at radius 3 is 2.39 bits per heavy atom. The number of carbonyl (C=O) groups is 1. The van der Waals surface area contributed by atoms with Crippen molar-refractivity contribution in [3.63, 3.8) is 0 Å². The molecule has 0 aliphatic carbocycles. The standard InChI is InChI=1S/C23H29N5O3/c1-6-16-7-9-17(10-8-16)22(15(2)3)24-21(29)14-28-26-23(25-27-28)18-11-12-19(30-4)20(13-18)31-5/h7-13,15,22H,6,14H2,1-5H3,(H,24,29)/t22-/m0/s1. The Kier molecular flexibility index (Phi) is 7.23. The van der Waals surface area contributed by atoms with Crippen LogP contribution in [-0.2, 0) is 17.8 Å². The van der Waals surface area contributed by atoms with Gasteiger partial charge in [0.2, 0.25) is 11.7 Å². The molecule has 1 amide bonds. The van der Waals surface area contributed by atoms with Crippen molar-refractivity contribution in [3.8, 4) is 22.9 Å². The highest BCUT2D eigenvalue weighted by Crippen LogP contribution is 2.30. The zero-order chi connectivity index (χ0) is 22.4. The van der Waals surface area contributed by atoms with E-state index >= 15 is 0 Å². The maximum atomic E-state index is 12.7. The SMILES string of the molecule is CCc1ccc([C@@H](NC(=O)Cn2nnc(-c3ccc(OC)c(OC)c3)n2)C(C)C)cc1. The van der Waals surface area contributed by atoms with Gasteiger partial charge in [0.15, 0.2) is 11.5 Å². The Morgan fingerprint density at radius 1 is 1.06 bits per heavy atom. The number of hydrogen-bond acceptors (Lipinski definition) is 6. The van der Waals surface area contributed by atoms with Gasteiger partial charge in [0.1, 0.15) is 6.54 Å². The third kappa shape index (κ3) is 5.39. The molecule has 0 unspecified atom stereocenters. The molecule has 0 spiro atoms. The highest BCUT2D eigenvalue weighted by molar-refractivity contribution is 5.76. The highest BCUT2D eigenvalue weighted by atomic mass is 16.5. The van der Waals surface area contributed by atoms with E-state index in [2.05, 4.69) is 65.8 Å². The maximum Gasteiger partial charge on any atom is 0.244 e. The van der Waals surface area contributed by atoms with Crippen LogP contribution in [0.1, 0.15) is 37.9 Å². The molecule has 0 bridgehead atoms. The molecule has 3 aromatic rings. The Balaban J connectivity index is 1.69. The van der Waals surface area contributed by atoms with Crippen molar-refractivity contribution in [3.05, 3.63) is 53.6 Å². The van der Waals surface area contributed by atoms with Crippen molar-refractivity contribution in [2.24, 2.45) is 5.92 Å². The first kappa shape index (κ1) is 22.3. The van der Waals surface area contributed by atoms with E-state index in [1.54, 1.807) is 26.4 Å². The molecule has 8 nitrogen and oxygen atoms in total. The van der Waals surface area contributed by atoms with Crippen molar-refractivity contribution >= 4 is 5.91 Å². The number of benzene rings is 2. The number of nitrogens with zero attached hydrogens (tertiary/aromatic N) is 4. The summed E-state index contributed by atoms with van der Waals surface area (Å²) in [6.07, 6.45) is 0.985. The normalized spacial score (nSPS) is 11.9. The Morgan fingerprint density at radius 2 is 1.77 bits per heavy atom. The Bertz CT molecular complexity index is 1010. The van der Waals surface area contributed by atoms with Crippen molar-refractivity contribution < 1.29 is 14.3 Å². The quantitative estimate of drug-likeness (QED) is 0.567. The number of hydrogen-bond donors (Lipinski definition) is 1. The lowest BCUT2D eigenvalue weighted by Gasteiger charge is -2.23. The van der Waals surface area contributed by atoms with E-state index < -0.39 is 0 Å². The van der Waals surface area contributed by atoms with Crippen LogP contribution >= 0.6 is 0 Å².